The third-order valence-corrected chi connectivity index (χ3v) is 4.31. The molecule has 0 bridgehead atoms. The number of carboxylic acid groups (broad SMARTS) is 1. The summed E-state index contributed by atoms with van der Waals surface area (Å²) in [5, 5.41) is 14.0. The van der Waals surface area contributed by atoms with Gasteiger partial charge in [-0.2, -0.15) is 0 Å². The van der Waals surface area contributed by atoms with Crippen LogP contribution in [-0.2, 0) is 9.59 Å². The first-order valence-electron chi connectivity index (χ1n) is 7.52. The minimum atomic E-state index is -0.888. The fourth-order valence-electron chi connectivity index (χ4n) is 2.80. The van der Waals surface area contributed by atoms with Gasteiger partial charge in [-0.1, -0.05) is 19.8 Å². The summed E-state index contributed by atoms with van der Waals surface area (Å²) in [6.07, 6.45) is 4.17. The summed E-state index contributed by atoms with van der Waals surface area (Å²) >= 11 is 0. The van der Waals surface area contributed by atoms with Crippen LogP contribution >= 0.6 is 0 Å². The monoisotopic (exact) mass is 298 g/mol. The topological polar surface area (TPSA) is 95.5 Å². The van der Waals surface area contributed by atoms with Crippen molar-refractivity contribution >= 4 is 17.9 Å². The van der Waals surface area contributed by atoms with Gasteiger partial charge in [-0.05, 0) is 38.5 Å². The first kappa shape index (κ1) is 17.5. The maximum absolute atomic E-state index is 12.0. The average Bonchev–Trinajstić information content (AvgIpc) is 2.74. The van der Waals surface area contributed by atoms with Crippen molar-refractivity contribution in [3.8, 4) is 0 Å². The van der Waals surface area contributed by atoms with Crippen molar-refractivity contribution in [3.05, 3.63) is 0 Å². The quantitative estimate of drug-likeness (QED) is 0.701. The third kappa shape index (κ3) is 5.73. The van der Waals surface area contributed by atoms with Crippen molar-refractivity contribution in [3.63, 3.8) is 0 Å². The van der Waals surface area contributed by atoms with Crippen LogP contribution in [0, 0.1) is 5.41 Å². The second-order valence-electron chi connectivity index (χ2n) is 6.69. The van der Waals surface area contributed by atoms with Crippen molar-refractivity contribution in [2.75, 3.05) is 0 Å². The molecule has 6 heteroatoms. The molecule has 0 radical (unpaired) electrons. The fourth-order valence-corrected chi connectivity index (χ4v) is 2.80. The summed E-state index contributed by atoms with van der Waals surface area (Å²) in [5.41, 5.74) is -0.868. The van der Waals surface area contributed by atoms with Crippen LogP contribution in [0.1, 0.15) is 65.7 Å². The SMILES string of the molecule is CCC(C)(C)NC(=O)NC(=O)CC1(CC(=O)O)CCCC1. The molecule has 0 unspecified atom stereocenters. The van der Waals surface area contributed by atoms with Crippen LogP contribution in [0.3, 0.4) is 0 Å². The summed E-state index contributed by atoms with van der Waals surface area (Å²) in [4.78, 5) is 34.8. The van der Waals surface area contributed by atoms with E-state index < -0.39 is 23.3 Å². The summed E-state index contributed by atoms with van der Waals surface area (Å²) < 4.78 is 0. The molecule has 0 atom stereocenters. The molecule has 0 saturated heterocycles. The minimum Gasteiger partial charge on any atom is -0.481 e. The van der Waals surface area contributed by atoms with Gasteiger partial charge in [-0.15, -0.1) is 0 Å². The number of hydrogen-bond acceptors (Lipinski definition) is 3. The van der Waals surface area contributed by atoms with Crippen LogP contribution in [-0.4, -0.2) is 28.6 Å². The first-order chi connectivity index (χ1) is 9.68. The fraction of sp³-hybridized carbons (Fsp3) is 0.800. The van der Waals surface area contributed by atoms with E-state index in [0.29, 0.717) is 0 Å². The van der Waals surface area contributed by atoms with Crippen molar-refractivity contribution < 1.29 is 19.5 Å². The lowest BCUT2D eigenvalue weighted by molar-refractivity contribution is -0.140. The zero-order valence-electron chi connectivity index (χ0n) is 13.1. The Bertz CT molecular complexity index is 412. The number of rotatable bonds is 6. The van der Waals surface area contributed by atoms with Crippen LogP contribution in [0.5, 0.6) is 0 Å². The second kappa shape index (κ2) is 6.91. The highest BCUT2D eigenvalue weighted by atomic mass is 16.4. The first-order valence-corrected chi connectivity index (χ1v) is 7.52. The minimum absolute atomic E-state index is 0.0114. The van der Waals surface area contributed by atoms with Gasteiger partial charge in [0.1, 0.15) is 0 Å². The second-order valence-corrected chi connectivity index (χ2v) is 6.69. The molecular formula is C15H26N2O4. The predicted octanol–water partition coefficient (Wildman–Crippen LogP) is 2.43. The lowest BCUT2D eigenvalue weighted by Gasteiger charge is -2.27. The Morgan fingerprint density at radius 3 is 2.19 bits per heavy atom. The molecule has 0 aromatic heterocycles. The number of carbonyl (C=O) groups is 3. The summed E-state index contributed by atoms with van der Waals surface area (Å²) in [5.74, 6) is -1.29. The average molecular weight is 298 g/mol. The molecule has 21 heavy (non-hydrogen) atoms. The van der Waals surface area contributed by atoms with Crippen LogP contribution in [0.15, 0.2) is 0 Å². The Hall–Kier alpha value is -1.59. The molecule has 1 aliphatic carbocycles. The molecule has 3 N–H and O–H groups in total. The van der Waals surface area contributed by atoms with Crippen molar-refractivity contribution in [1.29, 1.82) is 0 Å². The largest absolute Gasteiger partial charge is 0.481 e. The number of carbonyl (C=O) groups excluding carboxylic acids is 2. The molecule has 0 aromatic rings. The Balaban J connectivity index is 2.55. The standard InChI is InChI=1S/C15H26N2O4/c1-4-14(2,3)17-13(21)16-11(18)9-15(10-12(19)20)7-5-6-8-15/h4-10H2,1-3H3,(H,19,20)(H2,16,17,18,21). The number of urea groups is 1. The maximum Gasteiger partial charge on any atom is 0.321 e. The lowest BCUT2D eigenvalue weighted by atomic mass is 9.79. The summed E-state index contributed by atoms with van der Waals surface area (Å²) in [6, 6.07) is -0.518. The highest BCUT2D eigenvalue weighted by Gasteiger charge is 2.38. The summed E-state index contributed by atoms with van der Waals surface area (Å²) in [6.45, 7) is 5.70. The van der Waals surface area contributed by atoms with Gasteiger partial charge in [0.05, 0.1) is 6.42 Å². The van der Waals surface area contributed by atoms with Crippen molar-refractivity contribution in [1.82, 2.24) is 10.6 Å². The van der Waals surface area contributed by atoms with Gasteiger partial charge in [0.2, 0.25) is 5.91 Å². The van der Waals surface area contributed by atoms with E-state index in [9.17, 15) is 14.4 Å². The van der Waals surface area contributed by atoms with E-state index in [-0.39, 0.29) is 18.4 Å². The van der Waals surface area contributed by atoms with Gasteiger partial charge in [0.25, 0.3) is 0 Å². The number of amides is 3. The van der Waals surface area contributed by atoms with Gasteiger partial charge in [0, 0.05) is 12.0 Å². The zero-order chi connectivity index (χ0) is 16.1. The molecule has 6 nitrogen and oxygen atoms in total. The number of imide groups is 1. The molecule has 1 aliphatic rings. The highest BCUT2D eigenvalue weighted by molar-refractivity contribution is 5.95. The molecule has 0 spiro atoms. The smallest absolute Gasteiger partial charge is 0.321 e. The van der Waals surface area contributed by atoms with Crippen molar-refractivity contribution in [2.24, 2.45) is 5.41 Å². The Morgan fingerprint density at radius 1 is 1.14 bits per heavy atom. The molecule has 3 amide bonds. The molecular weight excluding hydrogens is 272 g/mol. The highest BCUT2D eigenvalue weighted by Crippen LogP contribution is 2.43. The number of hydrogen-bond donors (Lipinski definition) is 3. The Labute approximate surface area is 125 Å². The maximum atomic E-state index is 12.0. The zero-order valence-corrected chi connectivity index (χ0v) is 13.1. The van der Waals surface area contributed by atoms with Crippen molar-refractivity contribution in [2.45, 2.75) is 71.3 Å². The Morgan fingerprint density at radius 2 is 1.71 bits per heavy atom. The molecule has 0 heterocycles. The van der Waals surface area contributed by atoms with Gasteiger partial charge >= 0.3 is 12.0 Å². The van der Waals surface area contributed by atoms with E-state index in [2.05, 4.69) is 10.6 Å². The number of aliphatic carboxylic acids is 1. The van der Waals surface area contributed by atoms with E-state index in [0.717, 1.165) is 32.1 Å². The summed E-state index contributed by atoms with van der Waals surface area (Å²) in [7, 11) is 0. The molecule has 120 valence electrons. The van der Waals surface area contributed by atoms with E-state index in [1.54, 1.807) is 0 Å². The van der Waals surface area contributed by atoms with Crippen LogP contribution in [0.2, 0.25) is 0 Å². The van der Waals surface area contributed by atoms with E-state index in [4.69, 9.17) is 5.11 Å². The van der Waals surface area contributed by atoms with Crippen LogP contribution in [0.25, 0.3) is 0 Å². The molecule has 0 aliphatic heterocycles. The van der Waals surface area contributed by atoms with Gasteiger partial charge in [0.15, 0.2) is 0 Å². The third-order valence-electron chi connectivity index (χ3n) is 4.31. The molecule has 1 rings (SSSR count). The number of nitrogens with one attached hydrogen (secondary N) is 2. The molecule has 1 saturated carbocycles. The van der Waals surface area contributed by atoms with Gasteiger partial charge in [-0.3, -0.25) is 14.9 Å². The van der Waals surface area contributed by atoms with Crippen LogP contribution < -0.4 is 10.6 Å². The Kier molecular flexibility index (Phi) is 5.75. The lowest BCUT2D eigenvalue weighted by Crippen LogP contribution is -2.50. The van der Waals surface area contributed by atoms with E-state index in [1.165, 1.54) is 0 Å². The van der Waals surface area contributed by atoms with Crippen LogP contribution in [0.4, 0.5) is 4.79 Å². The van der Waals surface area contributed by atoms with E-state index in [1.807, 2.05) is 20.8 Å². The molecule has 1 fully saturated rings. The van der Waals surface area contributed by atoms with Gasteiger partial charge < -0.3 is 10.4 Å². The molecule has 0 aromatic carbocycles. The number of carboxylic acids is 1. The van der Waals surface area contributed by atoms with E-state index >= 15 is 0 Å². The van der Waals surface area contributed by atoms with Gasteiger partial charge in [-0.25, -0.2) is 4.79 Å². The normalized spacial score (nSPS) is 17.3. The predicted molar refractivity (Wildman–Crippen MR) is 78.8 cm³/mol.